The van der Waals surface area contributed by atoms with Crippen LogP contribution in [-0.4, -0.2) is 23.2 Å². The number of benzene rings is 1. The largest absolute Gasteiger partial charge is 0.359 e. The molecule has 2 aromatic rings. The SMILES string of the molecule is CNC(=O)CC12CCC(c3cc(-c4ccccc4F)nnc31)C2(C)C. The highest BCUT2D eigenvalue weighted by Gasteiger charge is 2.63. The van der Waals surface area contributed by atoms with Crippen LogP contribution in [0, 0.1) is 11.2 Å². The minimum atomic E-state index is -0.292. The number of aromatic nitrogens is 2. The molecule has 0 spiro atoms. The van der Waals surface area contributed by atoms with Gasteiger partial charge in [-0.2, -0.15) is 10.2 Å². The second kappa shape index (κ2) is 5.35. The molecule has 0 aliphatic heterocycles. The zero-order valence-electron chi connectivity index (χ0n) is 14.8. The summed E-state index contributed by atoms with van der Waals surface area (Å²) in [6.45, 7) is 4.44. The van der Waals surface area contributed by atoms with Gasteiger partial charge < -0.3 is 5.32 Å². The monoisotopic (exact) mass is 339 g/mol. The Morgan fingerprint density at radius 1 is 1.32 bits per heavy atom. The first-order valence-corrected chi connectivity index (χ1v) is 8.74. The highest BCUT2D eigenvalue weighted by molar-refractivity contribution is 5.78. The van der Waals surface area contributed by atoms with Gasteiger partial charge in [-0.05, 0) is 47.9 Å². The van der Waals surface area contributed by atoms with Crippen molar-refractivity contribution in [2.24, 2.45) is 5.41 Å². The number of carbonyl (C=O) groups excluding carboxylic acids is 1. The predicted octanol–water partition coefficient (Wildman–Crippen LogP) is 3.57. The molecule has 1 fully saturated rings. The van der Waals surface area contributed by atoms with E-state index in [-0.39, 0.29) is 22.6 Å². The molecule has 2 atom stereocenters. The number of halogens is 1. The molecule has 1 aromatic heterocycles. The molecule has 1 heterocycles. The number of rotatable bonds is 3. The van der Waals surface area contributed by atoms with Crippen LogP contribution in [0.4, 0.5) is 4.39 Å². The summed E-state index contributed by atoms with van der Waals surface area (Å²) in [5, 5.41) is 11.6. The second-order valence-corrected chi connectivity index (χ2v) is 7.76. The van der Waals surface area contributed by atoms with E-state index in [1.54, 1.807) is 25.2 Å². The third-order valence-corrected chi connectivity index (χ3v) is 6.51. The van der Waals surface area contributed by atoms with E-state index in [0.717, 1.165) is 24.1 Å². The first kappa shape index (κ1) is 16.2. The van der Waals surface area contributed by atoms with Crippen LogP contribution in [0.1, 0.15) is 50.3 Å². The van der Waals surface area contributed by atoms with Crippen LogP contribution in [0.25, 0.3) is 11.3 Å². The molecule has 25 heavy (non-hydrogen) atoms. The van der Waals surface area contributed by atoms with E-state index in [1.165, 1.54) is 6.07 Å². The smallest absolute Gasteiger partial charge is 0.220 e. The molecule has 1 N–H and O–H groups in total. The molecule has 4 rings (SSSR count). The Labute approximate surface area is 146 Å². The summed E-state index contributed by atoms with van der Waals surface area (Å²) in [6, 6.07) is 8.62. The van der Waals surface area contributed by atoms with E-state index in [9.17, 15) is 9.18 Å². The van der Waals surface area contributed by atoms with E-state index >= 15 is 0 Å². The average molecular weight is 339 g/mol. The molecule has 4 nitrogen and oxygen atoms in total. The fraction of sp³-hybridized carbons (Fsp3) is 0.450. The van der Waals surface area contributed by atoms with Gasteiger partial charge in [-0.25, -0.2) is 4.39 Å². The van der Waals surface area contributed by atoms with Crippen LogP contribution >= 0.6 is 0 Å². The van der Waals surface area contributed by atoms with Gasteiger partial charge in [0.2, 0.25) is 5.91 Å². The summed E-state index contributed by atoms with van der Waals surface area (Å²) in [7, 11) is 1.67. The Kier molecular flexibility index (Phi) is 3.46. The third kappa shape index (κ3) is 2.08. The normalized spacial score (nSPS) is 25.7. The zero-order valence-corrected chi connectivity index (χ0v) is 14.8. The number of amides is 1. The van der Waals surface area contributed by atoms with Crippen LogP contribution in [0.2, 0.25) is 0 Å². The molecular formula is C20H22FN3O. The molecule has 1 aromatic carbocycles. The van der Waals surface area contributed by atoms with Gasteiger partial charge in [0.05, 0.1) is 11.4 Å². The fourth-order valence-corrected chi connectivity index (χ4v) is 4.98. The Bertz CT molecular complexity index is 864. The molecule has 1 amide bonds. The number of carbonyl (C=O) groups is 1. The number of nitrogens with zero attached hydrogens (tertiary/aromatic N) is 2. The van der Waals surface area contributed by atoms with Crippen molar-refractivity contribution in [2.75, 3.05) is 7.05 Å². The quantitative estimate of drug-likeness (QED) is 0.930. The lowest BCUT2D eigenvalue weighted by atomic mass is 9.66. The summed E-state index contributed by atoms with van der Waals surface area (Å²) in [4.78, 5) is 12.2. The topological polar surface area (TPSA) is 54.9 Å². The van der Waals surface area contributed by atoms with Gasteiger partial charge in [0.15, 0.2) is 0 Å². The number of fused-ring (bicyclic) bond motifs is 5. The van der Waals surface area contributed by atoms with Crippen molar-refractivity contribution in [1.29, 1.82) is 0 Å². The molecule has 2 unspecified atom stereocenters. The molecule has 0 radical (unpaired) electrons. The van der Waals surface area contributed by atoms with Crippen LogP contribution in [0.3, 0.4) is 0 Å². The van der Waals surface area contributed by atoms with Crippen molar-refractivity contribution in [3.8, 4) is 11.3 Å². The maximum Gasteiger partial charge on any atom is 0.220 e. The van der Waals surface area contributed by atoms with Crippen LogP contribution in [0.15, 0.2) is 30.3 Å². The lowest BCUT2D eigenvalue weighted by Crippen LogP contribution is -2.40. The molecule has 1 saturated carbocycles. The lowest BCUT2D eigenvalue weighted by Gasteiger charge is -2.37. The Hall–Kier alpha value is -2.30. The summed E-state index contributed by atoms with van der Waals surface area (Å²) < 4.78 is 14.1. The van der Waals surface area contributed by atoms with E-state index in [0.29, 0.717) is 23.6 Å². The standard InChI is InChI=1S/C20H22FN3O/c1-19(2)14-8-9-20(19,11-17(25)22-3)18-13(14)10-16(23-24-18)12-6-4-5-7-15(12)21/h4-7,10,14H,8-9,11H2,1-3H3,(H,22,25). The summed E-state index contributed by atoms with van der Waals surface area (Å²) in [6.07, 6.45) is 2.39. The van der Waals surface area contributed by atoms with E-state index < -0.39 is 0 Å². The van der Waals surface area contributed by atoms with Crippen LogP contribution in [0.5, 0.6) is 0 Å². The van der Waals surface area contributed by atoms with Crippen molar-refractivity contribution in [2.45, 2.75) is 44.4 Å². The van der Waals surface area contributed by atoms with Crippen molar-refractivity contribution < 1.29 is 9.18 Å². The van der Waals surface area contributed by atoms with Crippen molar-refractivity contribution in [3.63, 3.8) is 0 Å². The molecule has 2 bridgehead atoms. The third-order valence-electron chi connectivity index (χ3n) is 6.51. The summed E-state index contributed by atoms with van der Waals surface area (Å²) >= 11 is 0. The highest BCUT2D eigenvalue weighted by atomic mass is 19.1. The fourth-order valence-electron chi connectivity index (χ4n) is 4.98. The summed E-state index contributed by atoms with van der Waals surface area (Å²) in [5.41, 5.74) is 2.75. The molecule has 5 heteroatoms. The number of hydrogen-bond donors (Lipinski definition) is 1. The average Bonchev–Trinajstić information content (AvgIpc) is 2.95. The van der Waals surface area contributed by atoms with Gasteiger partial charge in [-0.3, -0.25) is 4.79 Å². The van der Waals surface area contributed by atoms with Crippen molar-refractivity contribution >= 4 is 5.91 Å². The maximum absolute atomic E-state index is 14.1. The van der Waals surface area contributed by atoms with Crippen molar-refractivity contribution in [1.82, 2.24) is 15.5 Å². The number of hydrogen-bond acceptors (Lipinski definition) is 3. The van der Waals surface area contributed by atoms with Gasteiger partial charge in [0.25, 0.3) is 0 Å². The minimum absolute atomic E-state index is 0.0292. The molecule has 130 valence electrons. The Morgan fingerprint density at radius 3 is 2.80 bits per heavy atom. The van der Waals surface area contributed by atoms with Crippen LogP contribution in [-0.2, 0) is 10.2 Å². The van der Waals surface area contributed by atoms with Crippen LogP contribution < -0.4 is 5.32 Å². The van der Waals surface area contributed by atoms with E-state index in [2.05, 4.69) is 29.4 Å². The molecule has 0 saturated heterocycles. The van der Waals surface area contributed by atoms with Crippen molar-refractivity contribution in [3.05, 3.63) is 47.4 Å². The maximum atomic E-state index is 14.1. The Balaban J connectivity index is 1.84. The zero-order chi connectivity index (χ0) is 17.8. The lowest BCUT2D eigenvalue weighted by molar-refractivity contribution is -0.122. The number of nitrogens with one attached hydrogen (secondary N) is 1. The second-order valence-electron chi connectivity index (χ2n) is 7.76. The first-order chi connectivity index (χ1) is 11.9. The predicted molar refractivity (Wildman–Crippen MR) is 93.5 cm³/mol. The van der Waals surface area contributed by atoms with Gasteiger partial charge >= 0.3 is 0 Å². The van der Waals surface area contributed by atoms with E-state index in [4.69, 9.17) is 0 Å². The molecule has 2 aliphatic carbocycles. The van der Waals surface area contributed by atoms with Gasteiger partial charge in [-0.15, -0.1) is 0 Å². The molecule has 2 aliphatic rings. The van der Waals surface area contributed by atoms with Gasteiger partial charge in [0, 0.05) is 24.4 Å². The highest BCUT2D eigenvalue weighted by Crippen LogP contribution is 2.68. The molecular weight excluding hydrogens is 317 g/mol. The van der Waals surface area contributed by atoms with E-state index in [1.807, 2.05) is 6.07 Å². The summed E-state index contributed by atoms with van der Waals surface area (Å²) in [5.74, 6) is 0.0639. The van der Waals surface area contributed by atoms with Gasteiger partial charge in [0.1, 0.15) is 5.82 Å². The van der Waals surface area contributed by atoms with Gasteiger partial charge in [-0.1, -0.05) is 26.0 Å². The Morgan fingerprint density at radius 2 is 2.08 bits per heavy atom. The first-order valence-electron chi connectivity index (χ1n) is 8.74. The minimum Gasteiger partial charge on any atom is -0.359 e.